The van der Waals surface area contributed by atoms with Crippen molar-refractivity contribution in [1.29, 1.82) is 0 Å². The Balaban J connectivity index is 1.61. The van der Waals surface area contributed by atoms with Crippen LogP contribution in [0, 0.1) is 6.92 Å². The van der Waals surface area contributed by atoms with Gasteiger partial charge in [-0.15, -0.1) is 11.3 Å². The highest BCUT2D eigenvalue weighted by molar-refractivity contribution is 7.16. The van der Waals surface area contributed by atoms with Gasteiger partial charge in [-0.05, 0) is 85.0 Å². The molecule has 180 valence electrons. The number of nitrogens with one attached hydrogen (secondary N) is 2. The summed E-state index contributed by atoms with van der Waals surface area (Å²) in [6.07, 6.45) is 7.76. The summed E-state index contributed by atoms with van der Waals surface area (Å²) in [5.74, 6) is 1.37. The van der Waals surface area contributed by atoms with Crippen molar-refractivity contribution in [2.75, 3.05) is 10.6 Å². The quantitative estimate of drug-likeness (QED) is 0.284. The first kappa shape index (κ1) is 23.4. The zero-order chi connectivity index (χ0) is 24.4. The van der Waals surface area contributed by atoms with Crippen molar-refractivity contribution in [3.8, 4) is 0 Å². The van der Waals surface area contributed by atoms with E-state index < -0.39 is 0 Å². The second-order valence-corrected chi connectivity index (χ2v) is 10.6. The van der Waals surface area contributed by atoms with Crippen molar-refractivity contribution in [2.45, 2.75) is 58.4 Å². The lowest BCUT2D eigenvalue weighted by Crippen LogP contribution is -2.19. The van der Waals surface area contributed by atoms with Crippen LogP contribution in [-0.2, 0) is 12.8 Å². The number of amides is 1. The average molecular weight is 486 g/mol. The molecule has 1 amide bonds. The first-order chi connectivity index (χ1) is 17.0. The first-order valence-corrected chi connectivity index (χ1v) is 13.1. The van der Waals surface area contributed by atoms with Gasteiger partial charge in [-0.3, -0.25) is 4.79 Å². The molecule has 0 fully saturated rings. The molecular formula is C29H31N3O2S. The van der Waals surface area contributed by atoms with Crippen molar-refractivity contribution in [3.63, 3.8) is 0 Å². The maximum atomic E-state index is 13.0. The molecular weight excluding hydrogens is 454 g/mol. The summed E-state index contributed by atoms with van der Waals surface area (Å²) in [6, 6.07) is 16.2. The fourth-order valence-electron chi connectivity index (χ4n) is 4.72. The highest BCUT2D eigenvalue weighted by atomic mass is 32.1. The molecule has 0 radical (unpaired) electrons. The average Bonchev–Trinajstić information content (AvgIpc) is 3.51. The maximum absolute atomic E-state index is 13.0. The van der Waals surface area contributed by atoms with E-state index in [9.17, 15) is 4.79 Å². The maximum Gasteiger partial charge on any atom is 0.291 e. The molecule has 4 aromatic rings. The van der Waals surface area contributed by atoms with Gasteiger partial charge in [-0.25, -0.2) is 4.98 Å². The predicted molar refractivity (Wildman–Crippen MR) is 143 cm³/mol. The second kappa shape index (κ2) is 10.1. The second-order valence-electron chi connectivity index (χ2n) is 9.50. The molecule has 35 heavy (non-hydrogen) atoms. The van der Waals surface area contributed by atoms with Crippen molar-refractivity contribution in [3.05, 3.63) is 99.4 Å². The topological polar surface area (TPSA) is 67.2 Å². The van der Waals surface area contributed by atoms with E-state index in [1.54, 1.807) is 23.5 Å². The van der Waals surface area contributed by atoms with Gasteiger partial charge in [0.05, 0.1) is 12.3 Å². The minimum atomic E-state index is -0.225. The van der Waals surface area contributed by atoms with Crippen molar-refractivity contribution >= 4 is 28.1 Å². The number of benzene rings is 1. The number of carbonyl (C=O) groups excluding carboxylic acids is 1. The van der Waals surface area contributed by atoms with Crippen LogP contribution in [0.25, 0.3) is 0 Å². The number of aromatic nitrogens is 1. The Morgan fingerprint density at radius 1 is 1.06 bits per heavy atom. The number of pyridine rings is 1. The summed E-state index contributed by atoms with van der Waals surface area (Å²) < 4.78 is 5.37. The van der Waals surface area contributed by atoms with Crippen LogP contribution >= 0.6 is 11.3 Å². The summed E-state index contributed by atoms with van der Waals surface area (Å²) >= 11 is 1.70. The van der Waals surface area contributed by atoms with E-state index in [1.807, 2.05) is 12.3 Å². The van der Waals surface area contributed by atoms with E-state index in [4.69, 9.17) is 4.42 Å². The summed E-state index contributed by atoms with van der Waals surface area (Å²) in [5, 5.41) is 7.76. The molecule has 0 spiro atoms. The Morgan fingerprint density at radius 3 is 2.54 bits per heavy atom. The van der Waals surface area contributed by atoms with Crippen LogP contribution in [0.2, 0.25) is 0 Å². The first-order valence-electron chi connectivity index (χ1n) is 12.3. The number of nitrogens with zero attached hydrogens (tertiary/aromatic N) is 1. The third-order valence-electron chi connectivity index (χ3n) is 6.62. The van der Waals surface area contributed by atoms with E-state index in [2.05, 4.69) is 66.7 Å². The standard InChI is InChI=1S/C29H31N3O2S/c1-18(2)20-10-12-21(13-11-20)27(31-25-17-19(3)14-15-30-25)26-22-7-4-5-9-24(22)35-29(26)32-28(33)23-8-6-16-34-23/h6,8,10-18,27H,4-5,7,9H2,1-3H3,(H,30,31)(H,32,33)/t27-/m0/s1. The molecule has 3 aromatic heterocycles. The van der Waals surface area contributed by atoms with Gasteiger partial charge in [-0.2, -0.15) is 0 Å². The van der Waals surface area contributed by atoms with Gasteiger partial charge < -0.3 is 15.1 Å². The lowest BCUT2D eigenvalue weighted by atomic mass is 9.88. The zero-order valence-corrected chi connectivity index (χ0v) is 21.2. The van der Waals surface area contributed by atoms with Gasteiger partial charge in [0.15, 0.2) is 5.76 Å². The molecule has 1 atom stereocenters. The third-order valence-corrected chi connectivity index (χ3v) is 7.84. The smallest absolute Gasteiger partial charge is 0.291 e. The number of fused-ring (bicyclic) bond motifs is 1. The molecule has 0 saturated carbocycles. The van der Waals surface area contributed by atoms with Gasteiger partial charge in [0, 0.05) is 16.6 Å². The molecule has 2 N–H and O–H groups in total. The molecule has 0 unspecified atom stereocenters. The van der Waals surface area contributed by atoms with Gasteiger partial charge in [0.1, 0.15) is 10.8 Å². The van der Waals surface area contributed by atoms with Crippen molar-refractivity contribution in [2.24, 2.45) is 0 Å². The van der Waals surface area contributed by atoms with E-state index in [1.165, 1.54) is 28.7 Å². The number of anilines is 2. The lowest BCUT2D eigenvalue weighted by Gasteiger charge is -2.24. The number of aryl methyl sites for hydroxylation is 2. The molecule has 6 heteroatoms. The summed E-state index contributed by atoms with van der Waals surface area (Å²) in [4.78, 5) is 18.9. The molecule has 1 aliphatic carbocycles. The van der Waals surface area contributed by atoms with Gasteiger partial charge in [-0.1, -0.05) is 38.1 Å². The largest absolute Gasteiger partial charge is 0.459 e. The number of furan rings is 1. The summed E-state index contributed by atoms with van der Waals surface area (Å²) in [5.41, 5.74) is 6.10. The monoisotopic (exact) mass is 485 g/mol. The Labute approximate surface area is 210 Å². The Hall–Kier alpha value is -3.38. The number of rotatable bonds is 7. The minimum Gasteiger partial charge on any atom is -0.459 e. The Kier molecular flexibility index (Phi) is 6.73. The number of hydrogen-bond acceptors (Lipinski definition) is 5. The minimum absolute atomic E-state index is 0.143. The molecule has 0 aliphatic heterocycles. The zero-order valence-electron chi connectivity index (χ0n) is 20.4. The highest BCUT2D eigenvalue weighted by Crippen LogP contribution is 2.44. The van der Waals surface area contributed by atoms with Crippen molar-refractivity contribution in [1.82, 2.24) is 4.98 Å². The fourth-order valence-corrected chi connectivity index (χ4v) is 6.04. The van der Waals surface area contributed by atoms with Crippen molar-refractivity contribution < 1.29 is 9.21 Å². The van der Waals surface area contributed by atoms with Gasteiger partial charge in [0.25, 0.3) is 5.91 Å². The van der Waals surface area contributed by atoms with Crippen LogP contribution in [0.15, 0.2) is 65.4 Å². The Morgan fingerprint density at radius 2 is 1.83 bits per heavy atom. The SMILES string of the molecule is Cc1ccnc(N[C@@H](c2ccc(C(C)C)cc2)c2c(NC(=O)c3ccco3)sc3c2CCCC3)c1. The third kappa shape index (κ3) is 5.03. The molecule has 0 saturated heterocycles. The molecule has 5 nitrogen and oxygen atoms in total. The molecule has 5 rings (SSSR count). The van der Waals surface area contributed by atoms with E-state index >= 15 is 0 Å². The van der Waals surface area contributed by atoms with Crippen LogP contribution in [0.5, 0.6) is 0 Å². The normalized spacial score (nSPS) is 13.9. The van der Waals surface area contributed by atoms with Crippen LogP contribution in [0.3, 0.4) is 0 Å². The van der Waals surface area contributed by atoms with Crippen LogP contribution in [0.4, 0.5) is 10.8 Å². The van der Waals surface area contributed by atoms with Crippen LogP contribution < -0.4 is 10.6 Å². The molecule has 1 aliphatic rings. The molecule has 3 heterocycles. The van der Waals surface area contributed by atoms with Gasteiger partial charge in [0.2, 0.25) is 0 Å². The fraction of sp³-hybridized carbons (Fsp3) is 0.310. The molecule has 1 aromatic carbocycles. The lowest BCUT2D eigenvalue weighted by molar-refractivity contribution is 0.0997. The predicted octanol–water partition coefficient (Wildman–Crippen LogP) is 7.50. The number of carbonyl (C=O) groups is 1. The van der Waals surface area contributed by atoms with Gasteiger partial charge >= 0.3 is 0 Å². The van der Waals surface area contributed by atoms with E-state index in [0.29, 0.717) is 11.7 Å². The van der Waals surface area contributed by atoms with Crippen LogP contribution in [-0.4, -0.2) is 10.9 Å². The van der Waals surface area contributed by atoms with Crippen LogP contribution in [0.1, 0.15) is 81.9 Å². The number of thiophene rings is 1. The van der Waals surface area contributed by atoms with E-state index in [0.717, 1.165) is 46.8 Å². The highest BCUT2D eigenvalue weighted by Gasteiger charge is 2.29. The summed E-state index contributed by atoms with van der Waals surface area (Å²) in [6.45, 7) is 6.48. The molecule has 0 bridgehead atoms. The number of hydrogen-bond donors (Lipinski definition) is 2. The van der Waals surface area contributed by atoms with E-state index in [-0.39, 0.29) is 11.9 Å². The summed E-state index contributed by atoms with van der Waals surface area (Å²) in [7, 11) is 0. The Bertz CT molecular complexity index is 1310.